The highest BCUT2D eigenvalue weighted by Crippen LogP contribution is 2.43. The zero-order chi connectivity index (χ0) is 37.0. The third kappa shape index (κ3) is 34.4. The monoisotopic (exact) mass is 728 g/mol. The van der Waals surface area contributed by atoms with Crippen LogP contribution in [0.1, 0.15) is 149 Å². The van der Waals surface area contributed by atoms with E-state index in [0.29, 0.717) is 12.8 Å². The van der Waals surface area contributed by atoms with Gasteiger partial charge in [0, 0.05) is 12.8 Å². The number of esters is 2. The van der Waals surface area contributed by atoms with E-state index >= 15 is 0 Å². The summed E-state index contributed by atoms with van der Waals surface area (Å²) in [5.74, 6) is -0.963. The maximum Gasteiger partial charge on any atom is 0.472 e. The maximum absolute atomic E-state index is 12.5. The van der Waals surface area contributed by atoms with Crippen molar-refractivity contribution in [2.75, 3.05) is 26.4 Å². The van der Waals surface area contributed by atoms with Gasteiger partial charge in [0.2, 0.25) is 0 Å². The molecule has 3 atom stereocenters. The molecule has 3 N–H and O–H groups in total. The minimum Gasteiger partial charge on any atom is -0.462 e. The summed E-state index contributed by atoms with van der Waals surface area (Å²) in [5.41, 5.74) is 0. The molecule has 0 aliphatic rings. The molecule has 0 heterocycles. The van der Waals surface area contributed by atoms with E-state index < -0.39 is 51.8 Å². The molecule has 0 aliphatic heterocycles. The number of hydrogen-bond acceptors (Lipinski definition) is 9. The lowest BCUT2D eigenvalue weighted by Gasteiger charge is -2.20. The fourth-order valence-corrected chi connectivity index (χ4v) is 5.48. The minimum absolute atomic E-state index is 0.163. The van der Waals surface area contributed by atoms with Crippen molar-refractivity contribution in [2.45, 2.75) is 161 Å². The predicted molar refractivity (Wildman–Crippen MR) is 201 cm³/mol. The van der Waals surface area contributed by atoms with Crippen LogP contribution in [0.5, 0.6) is 0 Å². The van der Waals surface area contributed by atoms with Crippen molar-refractivity contribution in [3.63, 3.8) is 0 Å². The number of phosphoric acid groups is 1. The van der Waals surface area contributed by atoms with E-state index in [2.05, 4.69) is 67.0 Å². The Bertz CT molecular complexity index is 978. The van der Waals surface area contributed by atoms with Crippen LogP contribution in [-0.4, -0.2) is 65.7 Å². The van der Waals surface area contributed by atoms with E-state index in [1.54, 1.807) is 0 Å². The zero-order valence-electron chi connectivity index (χ0n) is 31.1. The highest BCUT2D eigenvalue weighted by atomic mass is 31.2. The number of allylic oxidation sites excluding steroid dienone is 8. The van der Waals surface area contributed by atoms with Gasteiger partial charge in [-0.3, -0.25) is 18.6 Å². The Hall–Kier alpha value is -2.07. The van der Waals surface area contributed by atoms with Crippen LogP contribution >= 0.6 is 7.82 Å². The van der Waals surface area contributed by atoms with Gasteiger partial charge in [0.15, 0.2) is 6.10 Å². The standard InChI is InChI=1S/C39H69O10P/c1-3-5-7-9-11-13-15-17-19-21-23-25-27-29-31-39(43)49-37(35-48-50(44,45)47-33-36(41)32-40)34-46-38(42)30-28-26-24-22-20-18-16-14-12-10-8-6-4-2/h8-11,14-17,36-37,40-41H,3-7,12-13,18-35H2,1-2H3,(H,44,45)/b10-8-,11-9-,16-14-,17-15-. The summed E-state index contributed by atoms with van der Waals surface area (Å²) < 4.78 is 32.5. The second-order valence-electron chi connectivity index (χ2n) is 12.6. The lowest BCUT2D eigenvalue weighted by molar-refractivity contribution is -0.161. The summed E-state index contributed by atoms with van der Waals surface area (Å²) in [4.78, 5) is 34.8. The summed E-state index contributed by atoms with van der Waals surface area (Å²) in [6.07, 6.45) is 35.1. The van der Waals surface area contributed by atoms with Gasteiger partial charge in [-0.05, 0) is 64.2 Å². The van der Waals surface area contributed by atoms with Crippen LogP contribution in [0.4, 0.5) is 0 Å². The average molecular weight is 729 g/mol. The maximum atomic E-state index is 12.5. The van der Waals surface area contributed by atoms with E-state index in [-0.39, 0.29) is 19.4 Å². The Morgan fingerprint density at radius 3 is 1.62 bits per heavy atom. The Balaban J connectivity index is 4.43. The first-order valence-corrected chi connectivity index (χ1v) is 20.6. The van der Waals surface area contributed by atoms with E-state index in [0.717, 1.165) is 89.9 Å². The highest BCUT2D eigenvalue weighted by Gasteiger charge is 2.27. The number of aliphatic hydroxyl groups excluding tert-OH is 2. The normalized spacial score (nSPS) is 14.6. The van der Waals surface area contributed by atoms with Crippen molar-refractivity contribution in [1.29, 1.82) is 0 Å². The molecule has 0 spiro atoms. The molecule has 0 radical (unpaired) electrons. The summed E-state index contributed by atoms with van der Waals surface area (Å²) in [6, 6.07) is 0. The van der Waals surface area contributed by atoms with Gasteiger partial charge in [-0.15, -0.1) is 0 Å². The van der Waals surface area contributed by atoms with E-state index in [1.165, 1.54) is 19.3 Å². The smallest absolute Gasteiger partial charge is 0.462 e. The first kappa shape index (κ1) is 47.9. The molecule has 0 saturated heterocycles. The highest BCUT2D eigenvalue weighted by molar-refractivity contribution is 7.47. The molecule has 11 heteroatoms. The zero-order valence-corrected chi connectivity index (χ0v) is 32.0. The molecule has 0 amide bonds. The van der Waals surface area contributed by atoms with Crippen LogP contribution in [0, 0.1) is 0 Å². The predicted octanol–water partition coefficient (Wildman–Crippen LogP) is 9.38. The number of unbranched alkanes of at least 4 members (excludes halogenated alkanes) is 13. The van der Waals surface area contributed by atoms with E-state index in [9.17, 15) is 24.2 Å². The second-order valence-corrected chi connectivity index (χ2v) is 14.0. The van der Waals surface area contributed by atoms with Gasteiger partial charge in [0.25, 0.3) is 0 Å². The molecule has 10 nitrogen and oxygen atoms in total. The van der Waals surface area contributed by atoms with Crippen LogP contribution in [0.3, 0.4) is 0 Å². The molecular formula is C39H69O10P. The minimum atomic E-state index is -4.62. The quantitative estimate of drug-likeness (QED) is 0.0249. The van der Waals surface area contributed by atoms with Crippen molar-refractivity contribution in [3.8, 4) is 0 Å². The van der Waals surface area contributed by atoms with E-state index in [4.69, 9.17) is 19.1 Å². The van der Waals surface area contributed by atoms with Crippen molar-refractivity contribution in [2.24, 2.45) is 0 Å². The van der Waals surface area contributed by atoms with Crippen molar-refractivity contribution in [1.82, 2.24) is 0 Å². The number of hydrogen-bond donors (Lipinski definition) is 3. The first-order chi connectivity index (χ1) is 24.2. The summed E-state index contributed by atoms with van der Waals surface area (Å²) in [7, 11) is -4.62. The topological polar surface area (TPSA) is 149 Å². The number of carbonyl (C=O) groups is 2. The van der Waals surface area contributed by atoms with Gasteiger partial charge in [-0.1, -0.05) is 120 Å². The van der Waals surface area contributed by atoms with Gasteiger partial charge < -0.3 is 24.6 Å². The lowest BCUT2D eigenvalue weighted by Crippen LogP contribution is -2.29. The van der Waals surface area contributed by atoms with Crippen LogP contribution in [0.15, 0.2) is 48.6 Å². The summed E-state index contributed by atoms with van der Waals surface area (Å²) >= 11 is 0. The van der Waals surface area contributed by atoms with Crippen molar-refractivity contribution >= 4 is 19.8 Å². The Kier molecular flexibility index (Phi) is 33.9. The molecule has 0 fully saturated rings. The lowest BCUT2D eigenvalue weighted by atomic mass is 10.1. The van der Waals surface area contributed by atoms with Crippen LogP contribution in [-0.2, 0) is 32.7 Å². The third-order valence-corrected chi connectivity index (χ3v) is 8.64. The number of aliphatic hydroxyl groups is 2. The number of phosphoric ester groups is 1. The summed E-state index contributed by atoms with van der Waals surface area (Å²) in [6.45, 7) is 2.21. The molecule has 0 saturated carbocycles. The van der Waals surface area contributed by atoms with Gasteiger partial charge in [-0.25, -0.2) is 4.57 Å². The molecule has 3 unspecified atom stereocenters. The molecule has 50 heavy (non-hydrogen) atoms. The molecule has 0 rings (SSSR count). The SMILES string of the molecule is CCC/C=C\C/C=C\CCCCCCCC(=O)OCC(COP(=O)(O)OCC(O)CO)OC(=O)CCCCCCC/C=C\C/C=C\CCCC. The van der Waals surface area contributed by atoms with Crippen molar-refractivity contribution < 1.29 is 47.8 Å². The van der Waals surface area contributed by atoms with Crippen LogP contribution in [0.25, 0.3) is 0 Å². The van der Waals surface area contributed by atoms with Crippen molar-refractivity contribution in [3.05, 3.63) is 48.6 Å². The number of carbonyl (C=O) groups excluding carboxylic acids is 2. The molecule has 0 aliphatic carbocycles. The fraction of sp³-hybridized carbons (Fsp3) is 0.744. The Labute approximate surface area is 303 Å². The fourth-order valence-electron chi connectivity index (χ4n) is 4.69. The van der Waals surface area contributed by atoms with Gasteiger partial charge in [0.05, 0.1) is 19.8 Å². The number of ether oxygens (including phenoxy) is 2. The number of rotatable bonds is 35. The first-order valence-electron chi connectivity index (χ1n) is 19.1. The Morgan fingerprint density at radius 1 is 0.600 bits per heavy atom. The van der Waals surface area contributed by atoms with E-state index in [1.807, 2.05) is 0 Å². The Morgan fingerprint density at radius 2 is 1.08 bits per heavy atom. The largest absolute Gasteiger partial charge is 0.472 e. The summed E-state index contributed by atoms with van der Waals surface area (Å²) in [5, 5.41) is 18.3. The van der Waals surface area contributed by atoms with Gasteiger partial charge in [-0.2, -0.15) is 0 Å². The van der Waals surface area contributed by atoms with Gasteiger partial charge in [0.1, 0.15) is 12.7 Å². The molecule has 0 aromatic carbocycles. The molecule has 0 aromatic rings. The van der Waals surface area contributed by atoms with Crippen LogP contribution < -0.4 is 0 Å². The third-order valence-electron chi connectivity index (χ3n) is 7.69. The second kappa shape index (κ2) is 35.3. The average Bonchev–Trinajstić information content (AvgIpc) is 3.10. The van der Waals surface area contributed by atoms with Crippen LogP contribution in [0.2, 0.25) is 0 Å². The molecule has 290 valence electrons. The van der Waals surface area contributed by atoms with Gasteiger partial charge >= 0.3 is 19.8 Å². The molecule has 0 aromatic heterocycles. The molecular weight excluding hydrogens is 659 g/mol. The molecule has 0 bridgehead atoms.